The maximum absolute atomic E-state index is 14.2. The van der Waals surface area contributed by atoms with Gasteiger partial charge in [0.1, 0.15) is 0 Å². The Morgan fingerprint density at radius 1 is 0.414 bits per heavy atom. The lowest BCUT2D eigenvalue weighted by Gasteiger charge is -2.46. The van der Waals surface area contributed by atoms with Crippen molar-refractivity contribution in [3.8, 4) is 0 Å². The van der Waals surface area contributed by atoms with E-state index < -0.39 is 59.1 Å². The summed E-state index contributed by atoms with van der Waals surface area (Å²) >= 11 is 0. The number of carbonyl (C=O) groups is 3. The second kappa shape index (κ2) is 6.51. The van der Waals surface area contributed by atoms with E-state index in [1.165, 1.54) is 0 Å². The highest BCUT2D eigenvalue weighted by Crippen LogP contribution is 2.64. The van der Waals surface area contributed by atoms with Crippen LogP contribution in [-0.4, -0.2) is 74.4 Å². The molecule has 0 heterocycles. The lowest BCUT2D eigenvalue weighted by atomic mass is 9.75. The van der Waals surface area contributed by atoms with Crippen molar-refractivity contribution in [2.45, 2.75) is 41.2 Å². The van der Waals surface area contributed by atoms with Crippen molar-refractivity contribution < 1.29 is 86.8 Å². The Labute approximate surface area is 147 Å². The molecule has 0 rings (SSSR count). The molecule has 0 aromatic carbocycles. The fourth-order valence-corrected chi connectivity index (χ4v) is 1.64. The molecule has 0 aliphatic heterocycles. The van der Waals surface area contributed by atoms with Gasteiger partial charge in [0.25, 0.3) is 0 Å². The van der Waals surface area contributed by atoms with Gasteiger partial charge in [0.05, 0.1) is 0 Å². The van der Waals surface area contributed by atoms with Gasteiger partial charge in [0.15, 0.2) is 0 Å². The SMILES string of the molecule is O=C(O)C(F)(F)C(F)(F)C(F)(C(F)(F)C(F)(F)C(=O)O)C(F)(F)C(F)(F)C(=O)O. The number of carboxylic acids is 3. The predicted octanol–water partition coefficient (Wildman–Crippen LogP) is 2.76. The standard InChI is InChI=1S/C10H3F13O6/c11-4(12,1(24)25)8(18,19)7(17,9(20,21)5(13,14)2(26)27)10(22,23)6(15,16)3(28)29/h(H,24,25)(H,26,27)(H,28,29). The largest absolute Gasteiger partial charge is 0.477 e. The summed E-state index contributed by atoms with van der Waals surface area (Å²) in [6.45, 7) is 0. The summed E-state index contributed by atoms with van der Waals surface area (Å²) in [7, 11) is 0. The van der Waals surface area contributed by atoms with E-state index in [4.69, 9.17) is 15.3 Å². The summed E-state index contributed by atoms with van der Waals surface area (Å²) in [5, 5.41) is 23.4. The first kappa shape index (κ1) is 26.5. The van der Waals surface area contributed by atoms with E-state index in [0.717, 1.165) is 0 Å². The highest BCUT2D eigenvalue weighted by atomic mass is 19.4. The zero-order valence-electron chi connectivity index (χ0n) is 12.5. The Morgan fingerprint density at radius 3 is 0.655 bits per heavy atom. The molecular formula is C10H3F13O6. The minimum Gasteiger partial charge on any atom is -0.477 e. The van der Waals surface area contributed by atoms with Gasteiger partial charge in [-0.05, 0) is 0 Å². The molecule has 19 heteroatoms. The quantitative estimate of drug-likeness (QED) is 0.451. The van der Waals surface area contributed by atoms with E-state index in [-0.39, 0.29) is 0 Å². The van der Waals surface area contributed by atoms with Crippen LogP contribution in [0.3, 0.4) is 0 Å². The van der Waals surface area contributed by atoms with Crippen LogP contribution in [-0.2, 0) is 14.4 Å². The number of carboxylic acid groups (broad SMARTS) is 3. The second-order valence-corrected chi connectivity index (χ2v) is 5.02. The highest BCUT2D eigenvalue weighted by molar-refractivity contribution is 5.80. The number of aliphatic carboxylic acids is 3. The van der Waals surface area contributed by atoms with Gasteiger partial charge in [0, 0.05) is 0 Å². The highest BCUT2D eigenvalue weighted by Gasteiger charge is 2.98. The molecule has 0 bridgehead atoms. The molecule has 3 N–H and O–H groups in total. The topological polar surface area (TPSA) is 112 Å². The van der Waals surface area contributed by atoms with Gasteiger partial charge in [-0.15, -0.1) is 0 Å². The summed E-state index contributed by atoms with van der Waals surface area (Å²) in [4.78, 5) is 30.1. The van der Waals surface area contributed by atoms with Crippen molar-refractivity contribution in [2.24, 2.45) is 0 Å². The fourth-order valence-electron chi connectivity index (χ4n) is 1.64. The number of hydrogen-bond acceptors (Lipinski definition) is 3. The number of alkyl halides is 13. The molecule has 0 fully saturated rings. The molecule has 0 saturated heterocycles. The smallest absolute Gasteiger partial charge is 0.408 e. The van der Waals surface area contributed by atoms with Crippen LogP contribution in [0.4, 0.5) is 57.1 Å². The molecular weight excluding hydrogens is 463 g/mol. The van der Waals surface area contributed by atoms with Crippen LogP contribution in [0.2, 0.25) is 0 Å². The average Bonchev–Trinajstić information content (AvgIpc) is 2.52. The molecule has 0 saturated carbocycles. The first-order chi connectivity index (χ1) is 12.3. The third-order valence-corrected chi connectivity index (χ3v) is 3.29. The monoisotopic (exact) mass is 466 g/mol. The van der Waals surface area contributed by atoms with E-state index in [1.54, 1.807) is 0 Å². The minimum atomic E-state index is -8.81. The van der Waals surface area contributed by atoms with Crippen molar-refractivity contribution >= 4 is 17.9 Å². The molecule has 6 nitrogen and oxygen atoms in total. The van der Waals surface area contributed by atoms with Crippen LogP contribution in [0.15, 0.2) is 0 Å². The third-order valence-electron chi connectivity index (χ3n) is 3.29. The van der Waals surface area contributed by atoms with Crippen LogP contribution in [0, 0.1) is 0 Å². The van der Waals surface area contributed by atoms with Crippen molar-refractivity contribution in [1.29, 1.82) is 0 Å². The molecule has 0 radical (unpaired) electrons. The fraction of sp³-hybridized carbons (Fsp3) is 0.700. The van der Waals surface area contributed by atoms with Gasteiger partial charge >= 0.3 is 59.1 Å². The van der Waals surface area contributed by atoms with Gasteiger partial charge < -0.3 is 15.3 Å². The normalized spacial score (nSPS) is 15.2. The summed E-state index contributed by atoms with van der Waals surface area (Å²) < 4.78 is 174. The van der Waals surface area contributed by atoms with Crippen LogP contribution in [0.5, 0.6) is 0 Å². The zero-order valence-corrected chi connectivity index (χ0v) is 12.5. The van der Waals surface area contributed by atoms with Crippen LogP contribution in [0.25, 0.3) is 0 Å². The third kappa shape index (κ3) is 2.92. The van der Waals surface area contributed by atoms with Crippen LogP contribution >= 0.6 is 0 Å². The van der Waals surface area contributed by atoms with Crippen LogP contribution < -0.4 is 0 Å². The second-order valence-electron chi connectivity index (χ2n) is 5.02. The Kier molecular flexibility index (Phi) is 5.95. The number of halogens is 13. The van der Waals surface area contributed by atoms with Crippen LogP contribution in [0.1, 0.15) is 0 Å². The summed E-state index contributed by atoms with van der Waals surface area (Å²) in [6, 6.07) is 0. The van der Waals surface area contributed by atoms with Crippen molar-refractivity contribution in [2.75, 3.05) is 0 Å². The van der Waals surface area contributed by atoms with E-state index in [1.807, 2.05) is 0 Å². The number of hydrogen-bond donors (Lipinski definition) is 3. The molecule has 170 valence electrons. The van der Waals surface area contributed by atoms with Crippen molar-refractivity contribution in [3.05, 3.63) is 0 Å². The lowest BCUT2D eigenvalue weighted by molar-refractivity contribution is -0.420. The molecule has 0 aliphatic rings. The average molecular weight is 466 g/mol. The molecule has 0 aromatic heterocycles. The maximum Gasteiger partial charge on any atom is 0.408 e. The summed E-state index contributed by atoms with van der Waals surface area (Å²) in [5.41, 5.74) is -8.81. The van der Waals surface area contributed by atoms with Gasteiger partial charge in [0.2, 0.25) is 0 Å². The first-order valence-corrected chi connectivity index (χ1v) is 5.99. The Bertz CT molecular complexity index is 622. The van der Waals surface area contributed by atoms with Crippen molar-refractivity contribution in [1.82, 2.24) is 0 Å². The van der Waals surface area contributed by atoms with Gasteiger partial charge in [-0.1, -0.05) is 0 Å². The Balaban J connectivity index is 7.65. The minimum absolute atomic E-state index is 4.49. The lowest BCUT2D eigenvalue weighted by Crippen LogP contribution is -2.81. The first-order valence-electron chi connectivity index (χ1n) is 5.99. The molecule has 0 aromatic rings. The Morgan fingerprint density at radius 2 is 0.552 bits per heavy atom. The molecule has 0 atom stereocenters. The molecule has 29 heavy (non-hydrogen) atoms. The van der Waals surface area contributed by atoms with E-state index in [9.17, 15) is 71.5 Å². The molecule has 0 unspecified atom stereocenters. The maximum atomic E-state index is 14.2. The summed E-state index contributed by atoms with van der Waals surface area (Å²) in [5.74, 6) is -61.7. The molecule has 0 spiro atoms. The van der Waals surface area contributed by atoms with E-state index >= 15 is 0 Å². The van der Waals surface area contributed by atoms with Gasteiger partial charge in [-0.25, -0.2) is 18.8 Å². The van der Waals surface area contributed by atoms with Gasteiger partial charge in [-0.2, -0.15) is 52.7 Å². The number of rotatable bonds is 9. The zero-order chi connectivity index (χ0) is 24.2. The predicted molar refractivity (Wildman–Crippen MR) is 56.4 cm³/mol. The van der Waals surface area contributed by atoms with E-state index in [0.29, 0.717) is 0 Å². The Hall–Kier alpha value is -2.50. The molecule has 0 aliphatic carbocycles. The van der Waals surface area contributed by atoms with Gasteiger partial charge in [-0.3, -0.25) is 0 Å². The van der Waals surface area contributed by atoms with Crippen molar-refractivity contribution in [3.63, 3.8) is 0 Å². The van der Waals surface area contributed by atoms with E-state index in [2.05, 4.69) is 0 Å². The molecule has 0 amide bonds. The summed E-state index contributed by atoms with van der Waals surface area (Å²) in [6.07, 6.45) is 0.